The van der Waals surface area contributed by atoms with Crippen molar-refractivity contribution >= 4 is 43.5 Å². The Morgan fingerprint density at radius 1 is 0.436 bits per heavy atom. The predicted molar refractivity (Wildman–Crippen MR) is 165 cm³/mol. The molecule has 8 aromatic rings. The van der Waals surface area contributed by atoms with E-state index in [1.807, 2.05) is 6.07 Å². The van der Waals surface area contributed by atoms with E-state index in [1.165, 1.54) is 24.3 Å². The van der Waals surface area contributed by atoms with Gasteiger partial charge in [0, 0.05) is 10.8 Å². The Morgan fingerprint density at radius 2 is 1.08 bits per heavy atom. The lowest BCUT2D eigenvalue weighted by Crippen LogP contribution is -1.91. The van der Waals surface area contributed by atoms with E-state index in [-0.39, 0.29) is 55.4 Å². The number of benzene rings is 7. The highest BCUT2D eigenvalue weighted by Crippen LogP contribution is 2.47. The van der Waals surface area contributed by atoms with E-state index >= 15 is 0 Å². The van der Waals surface area contributed by atoms with Crippen LogP contribution in [-0.4, -0.2) is 0 Å². The summed E-state index contributed by atoms with van der Waals surface area (Å²) < 4.78 is 122. The zero-order chi connectivity index (χ0) is 37.1. The first kappa shape index (κ1) is 12.6. The van der Waals surface area contributed by atoms with Crippen LogP contribution in [0.15, 0.2) is 150 Å². The third kappa shape index (κ3) is 3.41. The van der Waals surface area contributed by atoms with Crippen molar-refractivity contribution in [2.24, 2.45) is 0 Å². The standard InChI is InChI=1S/C38H24O/c1-2-12-25(13-3-1)26-14-10-15-27(24-26)36-28-16-4-6-18-30(28)37(31-19-7-5-17-29(31)36)33-21-11-23-35-38(33)32-20-8-9-22-34(32)39-35/h1-24H/i1D,4D,5D,6D,7D,10D,14D,15D,16D,17D,18D,19D,24D. The number of hydrogen-bond donors (Lipinski definition) is 0. The fourth-order valence-corrected chi connectivity index (χ4v) is 5.29. The highest BCUT2D eigenvalue weighted by molar-refractivity contribution is 6.25. The lowest BCUT2D eigenvalue weighted by atomic mass is 9.84. The number of fused-ring (bicyclic) bond motifs is 5. The highest BCUT2D eigenvalue weighted by atomic mass is 16.3. The molecule has 7 aromatic carbocycles. The minimum atomic E-state index is -0.649. The van der Waals surface area contributed by atoms with Gasteiger partial charge in [-0.25, -0.2) is 0 Å². The summed E-state index contributed by atoms with van der Waals surface area (Å²) in [5.41, 5.74) is 1.02. The average Bonchev–Trinajstić information content (AvgIpc) is 3.53. The molecule has 0 saturated carbocycles. The Kier molecular flexibility index (Phi) is 2.82. The fraction of sp³-hybridized carbons (Fsp3) is 0. The summed E-state index contributed by atoms with van der Waals surface area (Å²) >= 11 is 0. The molecular weight excluding hydrogens is 472 g/mol. The minimum absolute atomic E-state index is 0.0810. The maximum Gasteiger partial charge on any atom is 0.136 e. The molecule has 0 radical (unpaired) electrons. The summed E-state index contributed by atoms with van der Waals surface area (Å²) in [6.45, 7) is 0. The minimum Gasteiger partial charge on any atom is -0.456 e. The maximum absolute atomic E-state index is 9.47. The summed E-state index contributed by atoms with van der Waals surface area (Å²) in [5, 5.41) is 0.552. The molecule has 8 rings (SSSR count). The van der Waals surface area contributed by atoms with E-state index in [0.29, 0.717) is 27.5 Å². The Balaban J connectivity index is 1.72. The van der Waals surface area contributed by atoms with Gasteiger partial charge in [0.05, 0.1) is 17.8 Å². The molecule has 182 valence electrons. The number of hydrogen-bond acceptors (Lipinski definition) is 1. The molecule has 0 spiro atoms. The molecule has 0 amide bonds. The van der Waals surface area contributed by atoms with Gasteiger partial charge in [-0.15, -0.1) is 0 Å². The first-order chi connectivity index (χ1) is 24.8. The molecular formula is C38H24O. The summed E-state index contributed by atoms with van der Waals surface area (Å²) in [5.74, 6) is 0. The van der Waals surface area contributed by atoms with E-state index in [1.54, 1.807) is 36.4 Å². The van der Waals surface area contributed by atoms with E-state index in [0.717, 1.165) is 0 Å². The van der Waals surface area contributed by atoms with Gasteiger partial charge in [-0.3, -0.25) is 0 Å². The van der Waals surface area contributed by atoms with E-state index in [9.17, 15) is 6.85 Å². The van der Waals surface area contributed by atoms with Gasteiger partial charge in [-0.1, -0.05) is 127 Å². The van der Waals surface area contributed by atoms with Crippen LogP contribution in [0.3, 0.4) is 0 Å². The molecule has 0 bridgehead atoms. The number of rotatable bonds is 3. The molecule has 0 N–H and O–H groups in total. The van der Waals surface area contributed by atoms with Gasteiger partial charge in [0.15, 0.2) is 0 Å². The van der Waals surface area contributed by atoms with Crippen molar-refractivity contribution in [3.05, 3.63) is 145 Å². The summed E-state index contributed by atoms with van der Waals surface area (Å²) in [6, 6.07) is 11.5. The van der Waals surface area contributed by atoms with Crippen LogP contribution in [0.1, 0.15) is 17.8 Å². The zero-order valence-electron chi connectivity index (χ0n) is 33.3. The molecule has 1 heterocycles. The normalized spacial score (nSPS) is 16.3. The Morgan fingerprint density at radius 3 is 1.82 bits per heavy atom. The molecule has 0 atom stereocenters. The van der Waals surface area contributed by atoms with Crippen LogP contribution in [0.2, 0.25) is 0 Å². The van der Waals surface area contributed by atoms with E-state index in [2.05, 4.69) is 0 Å². The molecule has 0 fully saturated rings. The lowest BCUT2D eigenvalue weighted by Gasteiger charge is -2.18. The zero-order valence-corrected chi connectivity index (χ0v) is 20.3. The fourth-order valence-electron chi connectivity index (χ4n) is 5.29. The predicted octanol–water partition coefficient (Wildman–Crippen LogP) is 10.9. The Bertz CT molecular complexity index is 2800. The van der Waals surface area contributed by atoms with Gasteiger partial charge in [-0.2, -0.15) is 0 Å². The Hall–Kier alpha value is -5.14. The molecule has 0 saturated heterocycles. The third-order valence-electron chi connectivity index (χ3n) is 6.93. The first-order valence-corrected chi connectivity index (χ1v) is 12.3. The molecule has 0 aliphatic heterocycles. The summed E-state index contributed by atoms with van der Waals surface area (Å²) in [4.78, 5) is 0. The Labute approximate surface area is 244 Å². The van der Waals surface area contributed by atoms with Crippen LogP contribution < -0.4 is 0 Å². The van der Waals surface area contributed by atoms with Crippen LogP contribution >= 0.6 is 0 Å². The summed E-state index contributed by atoms with van der Waals surface area (Å²) in [7, 11) is 0. The van der Waals surface area contributed by atoms with Crippen LogP contribution in [0.25, 0.3) is 76.9 Å². The molecule has 1 heteroatoms. The average molecular weight is 510 g/mol. The van der Waals surface area contributed by atoms with Gasteiger partial charge in [-0.05, 0) is 73.1 Å². The smallest absolute Gasteiger partial charge is 0.136 e. The van der Waals surface area contributed by atoms with Crippen molar-refractivity contribution in [3.8, 4) is 33.4 Å². The second kappa shape index (κ2) is 8.72. The van der Waals surface area contributed by atoms with E-state index in [4.69, 9.17) is 15.4 Å². The second-order valence-corrected chi connectivity index (χ2v) is 9.07. The number of para-hydroxylation sites is 1. The van der Waals surface area contributed by atoms with Gasteiger partial charge >= 0.3 is 0 Å². The second-order valence-electron chi connectivity index (χ2n) is 9.07. The molecule has 0 unspecified atom stereocenters. The van der Waals surface area contributed by atoms with Gasteiger partial charge < -0.3 is 4.42 Å². The topological polar surface area (TPSA) is 13.1 Å². The van der Waals surface area contributed by atoms with Gasteiger partial charge in [0.2, 0.25) is 0 Å². The van der Waals surface area contributed by atoms with Crippen LogP contribution in [0, 0.1) is 0 Å². The quantitative estimate of drug-likeness (QED) is 0.216. The molecule has 0 aliphatic carbocycles. The molecule has 0 aliphatic rings. The van der Waals surface area contributed by atoms with Crippen molar-refractivity contribution in [2.75, 3.05) is 0 Å². The monoisotopic (exact) mass is 509 g/mol. The highest BCUT2D eigenvalue weighted by Gasteiger charge is 2.20. The van der Waals surface area contributed by atoms with E-state index < -0.39 is 72.5 Å². The van der Waals surface area contributed by atoms with Crippen LogP contribution in [0.5, 0.6) is 0 Å². The van der Waals surface area contributed by atoms with Crippen LogP contribution in [0.4, 0.5) is 0 Å². The first-order valence-electron chi connectivity index (χ1n) is 18.8. The van der Waals surface area contributed by atoms with Gasteiger partial charge in [0.25, 0.3) is 0 Å². The van der Waals surface area contributed by atoms with Crippen molar-refractivity contribution < 1.29 is 22.2 Å². The van der Waals surface area contributed by atoms with Crippen molar-refractivity contribution in [2.45, 2.75) is 0 Å². The third-order valence-corrected chi connectivity index (χ3v) is 6.93. The molecule has 1 aromatic heterocycles. The van der Waals surface area contributed by atoms with Gasteiger partial charge in [0.1, 0.15) is 11.2 Å². The molecule has 39 heavy (non-hydrogen) atoms. The molecule has 1 nitrogen and oxygen atoms in total. The number of furan rings is 1. The van der Waals surface area contributed by atoms with Crippen molar-refractivity contribution in [1.82, 2.24) is 0 Å². The lowest BCUT2D eigenvalue weighted by molar-refractivity contribution is 0.669. The summed E-state index contributed by atoms with van der Waals surface area (Å²) in [6.07, 6.45) is 0. The van der Waals surface area contributed by atoms with Crippen molar-refractivity contribution in [1.29, 1.82) is 0 Å². The van der Waals surface area contributed by atoms with Crippen molar-refractivity contribution in [3.63, 3.8) is 0 Å². The largest absolute Gasteiger partial charge is 0.456 e. The SMILES string of the molecule is [2H]c1ccc(-c2c([2H])c([2H])c([2H])c(-c3c4c([2H])c([2H])c([2H])c([2H])c4c(-c4cccc5oc6ccccc6c45)c4c([2H])c([2H])c([2H])c([2H])c34)c2[2H])cc1. The maximum atomic E-state index is 9.47. The van der Waals surface area contributed by atoms with Crippen LogP contribution in [-0.2, 0) is 0 Å².